The van der Waals surface area contributed by atoms with Crippen LogP contribution in [0.1, 0.15) is 5.56 Å². The van der Waals surface area contributed by atoms with Gasteiger partial charge in [0.15, 0.2) is 12.4 Å². The second-order valence-corrected chi connectivity index (χ2v) is 7.73. The van der Waals surface area contributed by atoms with Gasteiger partial charge in [0, 0.05) is 5.39 Å². The number of rotatable bonds is 8. The zero-order valence-electron chi connectivity index (χ0n) is 18.4. The fraction of sp³-hybridized carbons (Fsp3) is 0.0714. The second-order valence-electron chi connectivity index (χ2n) is 7.73. The van der Waals surface area contributed by atoms with Crippen molar-refractivity contribution in [3.8, 4) is 17.2 Å². The van der Waals surface area contributed by atoms with Gasteiger partial charge in [-0.1, -0.05) is 60.7 Å². The molecular weight excluding hydrogens is 426 g/mol. The minimum atomic E-state index is -0.262. The lowest BCUT2D eigenvalue weighted by Crippen LogP contribution is -2.20. The van der Waals surface area contributed by atoms with Crippen molar-refractivity contribution in [1.82, 2.24) is 9.78 Å². The molecule has 34 heavy (non-hydrogen) atoms. The minimum absolute atomic E-state index is 0.0892. The fourth-order valence-electron chi connectivity index (χ4n) is 3.63. The third-order valence-corrected chi connectivity index (χ3v) is 5.26. The molecule has 6 nitrogen and oxygen atoms in total. The highest BCUT2D eigenvalue weighted by Gasteiger charge is 2.13. The Labute approximate surface area is 197 Å². The Kier molecular flexibility index (Phi) is 6.21. The number of hydrogen-bond acceptors (Lipinski definition) is 4. The number of nitrogens with one attached hydrogen (secondary N) is 1. The molecule has 0 saturated carbocycles. The van der Waals surface area contributed by atoms with E-state index >= 15 is 0 Å². The number of para-hydroxylation sites is 3. The van der Waals surface area contributed by atoms with Crippen LogP contribution in [0.4, 0.5) is 5.82 Å². The Morgan fingerprint density at radius 3 is 2.09 bits per heavy atom. The fourth-order valence-corrected chi connectivity index (χ4v) is 3.63. The summed E-state index contributed by atoms with van der Waals surface area (Å²) in [5.41, 5.74) is 2.00. The highest BCUT2D eigenvalue weighted by atomic mass is 16.5. The maximum absolute atomic E-state index is 12.5. The lowest BCUT2D eigenvalue weighted by molar-refractivity contribution is -0.118. The molecule has 0 unspecified atom stereocenters. The number of hydrogen-bond donors (Lipinski definition) is 1. The summed E-state index contributed by atoms with van der Waals surface area (Å²) in [4.78, 5) is 12.5. The van der Waals surface area contributed by atoms with Gasteiger partial charge in [0.25, 0.3) is 5.91 Å². The molecule has 5 aromatic rings. The molecule has 0 aliphatic carbocycles. The maximum Gasteiger partial charge on any atom is 0.263 e. The summed E-state index contributed by atoms with van der Waals surface area (Å²) < 4.78 is 13.3. The van der Waals surface area contributed by atoms with Crippen LogP contribution in [-0.2, 0) is 11.3 Å². The zero-order valence-corrected chi connectivity index (χ0v) is 18.4. The van der Waals surface area contributed by atoms with Crippen molar-refractivity contribution in [2.45, 2.75) is 6.54 Å². The summed E-state index contributed by atoms with van der Waals surface area (Å²) in [6.45, 7) is 0.469. The molecule has 4 aromatic carbocycles. The van der Waals surface area contributed by atoms with Crippen LogP contribution >= 0.6 is 0 Å². The summed E-state index contributed by atoms with van der Waals surface area (Å²) >= 11 is 0. The predicted octanol–water partition coefficient (Wildman–Crippen LogP) is 5.89. The summed E-state index contributed by atoms with van der Waals surface area (Å²) in [5.74, 6) is 2.47. The van der Waals surface area contributed by atoms with Crippen LogP contribution in [0.5, 0.6) is 17.2 Å². The van der Waals surface area contributed by atoms with Gasteiger partial charge in [-0.3, -0.25) is 9.48 Å². The number of aromatic nitrogens is 2. The van der Waals surface area contributed by atoms with Crippen LogP contribution in [0.15, 0.2) is 109 Å². The summed E-state index contributed by atoms with van der Waals surface area (Å²) in [6.07, 6.45) is 0. The average Bonchev–Trinajstić information content (AvgIpc) is 3.22. The smallest absolute Gasteiger partial charge is 0.263 e. The molecule has 5 rings (SSSR count). The number of ether oxygens (including phenoxy) is 2. The lowest BCUT2D eigenvalue weighted by atomic mass is 10.2. The van der Waals surface area contributed by atoms with E-state index in [1.165, 1.54) is 0 Å². The van der Waals surface area contributed by atoms with E-state index < -0.39 is 0 Å². The number of carbonyl (C=O) groups is 1. The van der Waals surface area contributed by atoms with E-state index in [4.69, 9.17) is 9.47 Å². The van der Waals surface area contributed by atoms with E-state index in [1.807, 2.05) is 114 Å². The number of carbonyl (C=O) groups excluding carboxylic acids is 1. The minimum Gasteiger partial charge on any atom is -0.484 e. The average molecular weight is 450 g/mol. The maximum atomic E-state index is 12.5. The highest BCUT2D eigenvalue weighted by molar-refractivity contribution is 6.00. The molecule has 1 N–H and O–H groups in total. The molecule has 1 heterocycles. The molecular formula is C28H23N3O3. The van der Waals surface area contributed by atoms with Gasteiger partial charge in [-0.15, -0.1) is 0 Å². The molecule has 0 spiro atoms. The van der Waals surface area contributed by atoms with Crippen LogP contribution in [0.3, 0.4) is 0 Å². The zero-order chi connectivity index (χ0) is 23.2. The number of benzene rings is 4. The summed E-state index contributed by atoms with van der Waals surface area (Å²) in [7, 11) is 0. The SMILES string of the molecule is O=C(COc1ccccc1)Nc1nn(Cc2ccc(Oc3ccccc3)cc2)c2ccccc12. The van der Waals surface area contributed by atoms with E-state index in [1.54, 1.807) is 0 Å². The third-order valence-electron chi connectivity index (χ3n) is 5.26. The Hall–Kier alpha value is -4.58. The normalized spacial score (nSPS) is 10.7. The molecule has 1 aromatic heterocycles. The van der Waals surface area contributed by atoms with Crippen LogP contribution in [0.25, 0.3) is 10.9 Å². The first-order valence-corrected chi connectivity index (χ1v) is 11.0. The van der Waals surface area contributed by atoms with Gasteiger partial charge >= 0.3 is 0 Å². The number of anilines is 1. The monoisotopic (exact) mass is 449 g/mol. The van der Waals surface area contributed by atoms with Crippen molar-refractivity contribution in [1.29, 1.82) is 0 Å². The number of fused-ring (bicyclic) bond motifs is 1. The van der Waals surface area contributed by atoms with Gasteiger partial charge in [0.05, 0.1) is 12.1 Å². The second kappa shape index (κ2) is 9.92. The standard InChI is InChI=1S/C28H23N3O3/c32-27(20-33-22-9-3-1-4-10-22)29-28-25-13-7-8-14-26(25)31(30-28)19-21-15-17-24(18-16-21)34-23-11-5-2-6-12-23/h1-18H,19-20H2,(H,29,30,32). The van der Waals surface area contributed by atoms with E-state index in [9.17, 15) is 4.79 Å². The van der Waals surface area contributed by atoms with Gasteiger partial charge in [-0.25, -0.2) is 0 Å². The van der Waals surface area contributed by atoms with Gasteiger partial charge < -0.3 is 14.8 Å². The Morgan fingerprint density at radius 1 is 0.735 bits per heavy atom. The molecule has 0 bridgehead atoms. The topological polar surface area (TPSA) is 65.4 Å². The summed E-state index contributed by atoms with van der Waals surface area (Å²) in [5, 5.41) is 8.42. The Balaban J connectivity index is 1.29. The Morgan fingerprint density at radius 2 is 1.35 bits per heavy atom. The molecule has 0 radical (unpaired) electrons. The van der Waals surface area contributed by atoms with Gasteiger partial charge in [-0.2, -0.15) is 5.10 Å². The van der Waals surface area contributed by atoms with Crippen molar-refractivity contribution in [2.24, 2.45) is 0 Å². The molecule has 0 saturated heterocycles. The highest BCUT2D eigenvalue weighted by Crippen LogP contribution is 2.25. The van der Waals surface area contributed by atoms with E-state index in [0.29, 0.717) is 18.1 Å². The Bertz CT molecular complexity index is 1380. The van der Waals surface area contributed by atoms with Gasteiger partial charge in [-0.05, 0) is 54.1 Å². The molecule has 0 atom stereocenters. The van der Waals surface area contributed by atoms with Crippen LogP contribution in [0, 0.1) is 0 Å². The number of amides is 1. The first-order valence-electron chi connectivity index (χ1n) is 11.0. The van der Waals surface area contributed by atoms with Crippen LogP contribution < -0.4 is 14.8 Å². The van der Waals surface area contributed by atoms with E-state index in [0.717, 1.165) is 28.0 Å². The van der Waals surface area contributed by atoms with Crippen LogP contribution in [0.2, 0.25) is 0 Å². The first kappa shape index (κ1) is 21.3. The predicted molar refractivity (Wildman–Crippen MR) is 132 cm³/mol. The molecule has 1 amide bonds. The van der Waals surface area contributed by atoms with Crippen molar-refractivity contribution < 1.29 is 14.3 Å². The third kappa shape index (κ3) is 5.07. The molecule has 168 valence electrons. The largest absolute Gasteiger partial charge is 0.484 e. The molecule has 0 aliphatic rings. The van der Waals surface area contributed by atoms with Crippen molar-refractivity contribution in [2.75, 3.05) is 11.9 Å². The van der Waals surface area contributed by atoms with Crippen molar-refractivity contribution in [3.63, 3.8) is 0 Å². The van der Waals surface area contributed by atoms with Crippen LogP contribution in [-0.4, -0.2) is 22.3 Å². The van der Waals surface area contributed by atoms with E-state index in [-0.39, 0.29) is 12.5 Å². The lowest BCUT2D eigenvalue weighted by Gasteiger charge is -2.08. The number of nitrogens with zero attached hydrogens (tertiary/aromatic N) is 2. The first-order chi connectivity index (χ1) is 16.7. The molecule has 0 aliphatic heterocycles. The summed E-state index contributed by atoms with van der Waals surface area (Å²) in [6, 6.07) is 34.7. The molecule has 6 heteroatoms. The quantitative estimate of drug-likeness (QED) is 0.321. The van der Waals surface area contributed by atoms with Crippen molar-refractivity contribution in [3.05, 3.63) is 115 Å². The van der Waals surface area contributed by atoms with Gasteiger partial charge in [0.1, 0.15) is 17.2 Å². The van der Waals surface area contributed by atoms with E-state index in [2.05, 4.69) is 10.4 Å². The van der Waals surface area contributed by atoms with Crippen molar-refractivity contribution >= 4 is 22.6 Å². The van der Waals surface area contributed by atoms with Gasteiger partial charge in [0.2, 0.25) is 0 Å². The molecule has 0 fully saturated rings.